The molecule has 0 aromatic heterocycles. The molecule has 0 aromatic carbocycles. The van der Waals surface area contributed by atoms with E-state index in [1.165, 1.54) is 25.9 Å². The lowest BCUT2D eigenvalue weighted by Gasteiger charge is -2.26. The maximum atomic E-state index is 8.51. The second-order valence-electron chi connectivity index (χ2n) is 5.58. The van der Waals surface area contributed by atoms with Gasteiger partial charge in [0.2, 0.25) is 0 Å². The Kier molecular flexibility index (Phi) is 10.0. The summed E-state index contributed by atoms with van der Waals surface area (Å²) in [5.74, 6) is 1.13. The van der Waals surface area contributed by atoms with Gasteiger partial charge >= 0.3 is 0 Å². The summed E-state index contributed by atoms with van der Waals surface area (Å²) in [5, 5.41) is 8.51. The van der Waals surface area contributed by atoms with E-state index in [-0.39, 0.29) is 13.5 Å². The van der Waals surface area contributed by atoms with Crippen molar-refractivity contribution < 1.29 is 0 Å². The first-order valence-corrected chi connectivity index (χ1v) is 7.05. The van der Waals surface area contributed by atoms with Crippen LogP contribution in [0, 0.1) is 23.2 Å². The van der Waals surface area contributed by atoms with E-state index in [1.807, 2.05) is 0 Å². The van der Waals surface area contributed by atoms with E-state index in [2.05, 4.69) is 42.6 Å². The van der Waals surface area contributed by atoms with E-state index in [1.54, 1.807) is 0 Å². The number of nitriles is 1. The van der Waals surface area contributed by atoms with Gasteiger partial charge in [0.25, 0.3) is 0 Å². The van der Waals surface area contributed by atoms with Crippen molar-refractivity contribution in [3.8, 4) is 6.07 Å². The number of piperidine rings is 2. The first kappa shape index (κ1) is 18.5. The van der Waals surface area contributed by atoms with Gasteiger partial charge in [0.15, 0.2) is 0 Å². The van der Waals surface area contributed by atoms with Gasteiger partial charge in [-0.2, -0.15) is 18.8 Å². The van der Waals surface area contributed by atoms with Crippen molar-refractivity contribution >= 4 is 13.5 Å². The second-order valence-corrected chi connectivity index (χ2v) is 5.58. The molecular formula is C15H29N3S. The van der Waals surface area contributed by atoms with Crippen molar-refractivity contribution in [1.82, 2.24) is 9.80 Å². The van der Waals surface area contributed by atoms with Gasteiger partial charge < -0.3 is 9.80 Å². The molecule has 4 heteroatoms. The minimum Gasteiger partial charge on any atom is -0.306 e. The average Bonchev–Trinajstić information content (AvgIpc) is 2.41. The van der Waals surface area contributed by atoms with Crippen LogP contribution in [-0.4, -0.2) is 50.1 Å². The zero-order chi connectivity index (χ0) is 13.4. The largest absolute Gasteiger partial charge is 0.306 e. The lowest BCUT2D eigenvalue weighted by Crippen LogP contribution is -2.29. The average molecular weight is 283 g/mol. The number of rotatable bonds is 1. The van der Waals surface area contributed by atoms with Gasteiger partial charge in [-0.1, -0.05) is 6.08 Å². The molecule has 0 bridgehead atoms. The predicted molar refractivity (Wildman–Crippen MR) is 86.6 cm³/mol. The molecular weight excluding hydrogens is 254 g/mol. The van der Waals surface area contributed by atoms with Crippen LogP contribution in [0.5, 0.6) is 0 Å². The third kappa shape index (κ3) is 7.61. The molecule has 0 saturated carbocycles. The van der Waals surface area contributed by atoms with Crippen LogP contribution in [0.3, 0.4) is 0 Å². The smallest absolute Gasteiger partial charge is 0.0656 e. The van der Waals surface area contributed by atoms with Crippen LogP contribution < -0.4 is 0 Å². The monoisotopic (exact) mass is 283 g/mol. The van der Waals surface area contributed by atoms with Gasteiger partial charge in [-0.05, 0) is 71.9 Å². The molecule has 2 aliphatic heterocycles. The summed E-state index contributed by atoms with van der Waals surface area (Å²) in [6.07, 6.45) is 6.83. The Morgan fingerprint density at radius 3 is 1.79 bits per heavy atom. The van der Waals surface area contributed by atoms with Gasteiger partial charge in [0.05, 0.1) is 6.07 Å². The molecule has 0 aliphatic carbocycles. The molecule has 0 amide bonds. The highest BCUT2D eigenvalue weighted by Crippen LogP contribution is 2.15. The van der Waals surface area contributed by atoms with Crippen LogP contribution in [0.15, 0.2) is 12.7 Å². The standard InChI is InChI=1S/C8H15N.C7H12N2.H2S/c1-3-8-4-6-9(2)7-5-8;1-9-4-2-7(6-8)3-5-9;/h3,8H,1,4-7H2,2H3;7H,2-5H2,1H3;1H2. The van der Waals surface area contributed by atoms with E-state index in [0.29, 0.717) is 5.92 Å². The van der Waals surface area contributed by atoms with Crippen molar-refractivity contribution in [2.24, 2.45) is 11.8 Å². The Morgan fingerprint density at radius 2 is 1.42 bits per heavy atom. The molecule has 110 valence electrons. The van der Waals surface area contributed by atoms with Crippen LogP contribution in [0.1, 0.15) is 25.7 Å². The summed E-state index contributed by atoms with van der Waals surface area (Å²) >= 11 is 0. The zero-order valence-electron chi connectivity index (χ0n) is 12.4. The van der Waals surface area contributed by atoms with Crippen LogP contribution in [0.2, 0.25) is 0 Å². The van der Waals surface area contributed by atoms with E-state index in [4.69, 9.17) is 5.26 Å². The third-order valence-electron chi connectivity index (χ3n) is 4.00. The highest BCUT2D eigenvalue weighted by Gasteiger charge is 2.14. The van der Waals surface area contributed by atoms with Gasteiger partial charge in [-0.25, -0.2) is 0 Å². The van der Waals surface area contributed by atoms with E-state index >= 15 is 0 Å². The fraction of sp³-hybridized carbons (Fsp3) is 0.800. The number of allylic oxidation sites excluding steroid dienone is 1. The molecule has 2 saturated heterocycles. The van der Waals surface area contributed by atoms with Crippen molar-refractivity contribution in [1.29, 1.82) is 5.26 Å². The number of hydrogen-bond acceptors (Lipinski definition) is 3. The highest BCUT2D eigenvalue weighted by molar-refractivity contribution is 7.59. The molecule has 0 aromatic rings. The normalized spacial score (nSPS) is 22.6. The van der Waals surface area contributed by atoms with Gasteiger partial charge in [-0.3, -0.25) is 0 Å². The molecule has 0 unspecified atom stereocenters. The van der Waals surface area contributed by atoms with Crippen molar-refractivity contribution in [3.05, 3.63) is 12.7 Å². The van der Waals surface area contributed by atoms with Crippen molar-refractivity contribution in [3.63, 3.8) is 0 Å². The second kappa shape index (κ2) is 10.3. The predicted octanol–water partition coefficient (Wildman–Crippen LogP) is 2.48. The first-order valence-electron chi connectivity index (χ1n) is 7.05. The minimum absolute atomic E-state index is 0. The molecule has 2 rings (SSSR count). The van der Waals surface area contributed by atoms with Crippen LogP contribution >= 0.6 is 13.5 Å². The van der Waals surface area contributed by atoms with E-state index in [9.17, 15) is 0 Å². The zero-order valence-corrected chi connectivity index (χ0v) is 13.4. The number of likely N-dealkylation sites (tertiary alicyclic amines) is 2. The molecule has 2 heterocycles. The molecule has 3 nitrogen and oxygen atoms in total. The molecule has 0 radical (unpaired) electrons. The molecule has 0 atom stereocenters. The summed E-state index contributed by atoms with van der Waals surface area (Å²) in [5.41, 5.74) is 0. The lowest BCUT2D eigenvalue weighted by atomic mass is 9.98. The minimum atomic E-state index is 0. The van der Waals surface area contributed by atoms with Gasteiger partial charge in [0.1, 0.15) is 0 Å². The first-order chi connectivity index (χ1) is 8.65. The topological polar surface area (TPSA) is 30.3 Å². The fourth-order valence-electron chi connectivity index (χ4n) is 2.40. The Morgan fingerprint density at radius 1 is 1.00 bits per heavy atom. The molecule has 0 N–H and O–H groups in total. The molecule has 0 spiro atoms. The summed E-state index contributed by atoms with van der Waals surface area (Å²) in [4.78, 5) is 4.65. The van der Waals surface area contributed by atoms with Crippen molar-refractivity contribution in [2.75, 3.05) is 40.3 Å². The summed E-state index contributed by atoms with van der Waals surface area (Å²) in [6, 6.07) is 2.30. The third-order valence-corrected chi connectivity index (χ3v) is 4.00. The van der Waals surface area contributed by atoms with E-state index < -0.39 is 0 Å². The quantitative estimate of drug-likeness (QED) is 0.693. The number of hydrogen-bond donors (Lipinski definition) is 0. The van der Waals surface area contributed by atoms with Crippen molar-refractivity contribution in [2.45, 2.75) is 25.7 Å². The van der Waals surface area contributed by atoms with Crippen LogP contribution in [0.4, 0.5) is 0 Å². The Bertz CT molecular complexity index is 272. The Labute approximate surface area is 125 Å². The molecule has 2 fully saturated rings. The molecule has 19 heavy (non-hydrogen) atoms. The van der Waals surface area contributed by atoms with Crippen LogP contribution in [0.25, 0.3) is 0 Å². The lowest BCUT2D eigenvalue weighted by molar-refractivity contribution is 0.244. The highest BCUT2D eigenvalue weighted by atomic mass is 32.1. The summed E-state index contributed by atoms with van der Waals surface area (Å²) in [6.45, 7) is 8.48. The van der Waals surface area contributed by atoms with Gasteiger partial charge in [0, 0.05) is 5.92 Å². The maximum Gasteiger partial charge on any atom is 0.0656 e. The SMILES string of the molecule is C=CC1CCN(C)CC1.CN1CCC(C#N)CC1.S. The molecule has 2 aliphatic rings. The fourth-order valence-corrected chi connectivity index (χ4v) is 2.40. The number of nitrogens with zero attached hydrogens (tertiary/aromatic N) is 3. The van der Waals surface area contributed by atoms with Gasteiger partial charge in [-0.15, -0.1) is 6.58 Å². The Hall–Kier alpha value is -0.500. The summed E-state index contributed by atoms with van der Waals surface area (Å²) < 4.78 is 0. The summed E-state index contributed by atoms with van der Waals surface area (Å²) in [7, 11) is 4.28. The Balaban J connectivity index is 0.000000324. The van der Waals surface area contributed by atoms with E-state index in [0.717, 1.165) is 31.8 Å². The van der Waals surface area contributed by atoms with Crippen LogP contribution in [-0.2, 0) is 0 Å². The maximum absolute atomic E-state index is 8.51.